The Balaban J connectivity index is 2.40. The first-order chi connectivity index (χ1) is 7.15. The second-order valence-corrected chi connectivity index (χ2v) is 6.25. The fraction of sp³-hybridized carbons (Fsp3) is 0.231. The van der Waals surface area contributed by atoms with Gasteiger partial charge in [0.2, 0.25) is 0 Å². The van der Waals surface area contributed by atoms with Crippen molar-refractivity contribution in [2.24, 2.45) is 0 Å². The maximum Gasteiger partial charge on any atom is 0.0329 e. The van der Waals surface area contributed by atoms with Crippen LogP contribution in [0.25, 0.3) is 6.08 Å². The maximum absolute atomic E-state index is 4.01. The van der Waals surface area contributed by atoms with Crippen molar-refractivity contribution >= 4 is 29.2 Å². The lowest BCUT2D eigenvalue weighted by molar-refractivity contribution is 1.51. The van der Waals surface area contributed by atoms with Gasteiger partial charge in [0.15, 0.2) is 0 Å². The summed E-state index contributed by atoms with van der Waals surface area (Å²) in [5.41, 5.74) is 2.44. The third kappa shape index (κ3) is 2.64. The predicted molar refractivity (Wildman–Crippen MR) is 72.3 cm³/mol. The number of aryl methyl sites for hydroxylation is 1. The smallest absolute Gasteiger partial charge is 0.0329 e. The number of rotatable bonds is 0. The first kappa shape index (κ1) is 10.8. The van der Waals surface area contributed by atoms with Gasteiger partial charge in [0.25, 0.3) is 0 Å². The molecule has 0 amide bonds. The molecule has 0 unspecified atom stereocenters. The summed E-state index contributed by atoms with van der Waals surface area (Å²) in [7, 11) is 0. The molecule has 2 rings (SSSR count). The number of thioether (sulfide) groups is 1. The lowest BCUT2D eigenvalue weighted by Crippen LogP contribution is -1.76. The summed E-state index contributed by atoms with van der Waals surface area (Å²) in [4.78, 5) is 4.19. The number of hydrogen-bond acceptors (Lipinski definition) is 2. The van der Waals surface area contributed by atoms with E-state index in [2.05, 4.69) is 44.7 Å². The molecule has 0 aromatic carbocycles. The van der Waals surface area contributed by atoms with E-state index in [4.69, 9.17) is 0 Å². The molecule has 1 aromatic rings. The number of fused-ring (bicyclic) bond motifs is 1. The Morgan fingerprint density at radius 2 is 2.07 bits per heavy atom. The van der Waals surface area contributed by atoms with E-state index in [0.717, 1.165) is 11.3 Å². The third-order valence-electron chi connectivity index (χ3n) is 2.26. The van der Waals surface area contributed by atoms with Gasteiger partial charge in [-0.15, -0.1) is 23.1 Å². The van der Waals surface area contributed by atoms with Gasteiger partial charge in [-0.25, -0.2) is 0 Å². The van der Waals surface area contributed by atoms with Crippen molar-refractivity contribution in [3.05, 3.63) is 50.6 Å². The molecule has 0 atom stereocenters. The zero-order chi connectivity index (χ0) is 10.8. The topological polar surface area (TPSA) is 0 Å². The molecule has 0 bridgehead atoms. The molecule has 2 heteroatoms. The summed E-state index contributed by atoms with van der Waals surface area (Å²) in [5.74, 6) is 1.08. The molecule has 0 aliphatic carbocycles. The predicted octanol–water partition coefficient (Wildman–Crippen LogP) is 4.78. The van der Waals surface area contributed by atoms with E-state index in [0.29, 0.717) is 0 Å². The molecule has 1 aliphatic heterocycles. The van der Waals surface area contributed by atoms with Gasteiger partial charge in [0.05, 0.1) is 0 Å². The highest BCUT2D eigenvalue weighted by Crippen LogP contribution is 2.31. The van der Waals surface area contributed by atoms with Crippen molar-refractivity contribution in [1.29, 1.82) is 0 Å². The summed E-state index contributed by atoms with van der Waals surface area (Å²) < 4.78 is 0. The molecular formula is C13H14S2. The summed E-state index contributed by atoms with van der Waals surface area (Å²) in [5, 5.41) is 0. The van der Waals surface area contributed by atoms with Gasteiger partial charge in [-0.3, -0.25) is 0 Å². The second kappa shape index (κ2) is 4.42. The Morgan fingerprint density at radius 3 is 2.87 bits per heavy atom. The van der Waals surface area contributed by atoms with Crippen LogP contribution in [-0.4, -0.2) is 0 Å². The van der Waals surface area contributed by atoms with Gasteiger partial charge in [-0.1, -0.05) is 18.7 Å². The van der Waals surface area contributed by atoms with Crippen molar-refractivity contribution in [3.8, 4) is 0 Å². The standard InChI is InChI=1S/C13H14S2/c1-9-4-5-12-7-11(3)15-13(12)8-14-10(2)6-9/h4-7H,1,8H2,2-3H3/b5-4-,10-6?. The van der Waals surface area contributed by atoms with Gasteiger partial charge in [-0.2, -0.15) is 0 Å². The van der Waals surface area contributed by atoms with Crippen LogP contribution in [-0.2, 0) is 5.75 Å². The summed E-state index contributed by atoms with van der Waals surface area (Å²) in [6.45, 7) is 8.33. The quantitative estimate of drug-likeness (QED) is 0.622. The van der Waals surface area contributed by atoms with E-state index in [1.807, 2.05) is 23.1 Å². The minimum Gasteiger partial charge on any atom is -0.144 e. The van der Waals surface area contributed by atoms with Crippen LogP contribution in [0.15, 0.2) is 35.3 Å². The van der Waals surface area contributed by atoms with Gasteiger partial charge < -0.3 is 0 Å². The minimum atomic E-state index is 1.08. The van der Waals surface area contributed by atoms with E-state index in [-0.39, 0.29) is 0 Å². The lowest BCUT2D eigenvalue weighted by atomic mass is 10.2. The second-order valence-electron chi connectivity index (χ2n) is 3.69. The first-order valence-corrected chi connectivity index (χ1v) is 6.73. The van der Waals surface area contributed by atoms with Crippen molar-refractivity contribution in [2.45, 2.75) is 19.6 Å². The molecule has 0 nitrogen and oxygen atoms in total. The van der Waals surface area contributed by atoms with Crippen LogP contribution in [0, 0.1) is 6.92 Å². The van der Waals surface area contributed by atoms with E-state index >= 15 is 0 Å². The van der Waals surface area contributed by atoms with E-state index in [1.165, 1.54) is 20.2 Å². The average Bonchev–Trinajstić information content (AvgIpc) is 2.53. The fourth-order valence-corrected chi connectivity index (χ4v) is 3.56. The van der Waals surface area contributed by atoms with Crippen LogP contribution in [0.1, 0.15) is 22.2 Å². The number of thiophene rings is 1. The number of allylic oxidation sites excluding steroid dienone is 4. The largest absolute Gasteiger partial charge is 0.144 e. The highest BCUT2D eigenvalue weighted by molar-refractivity contribution is 8.02. The Morgan fingerprint density at radius 1 is 1.27 bits per heavy atom. The SMILES string of the molecule is C=C1C=C(C)SCc2sc(C)cc2/C=C\1. The molecule has 0 fully saturated rings. The van der Waals surface area contributed by atoms with Gasteiger partial charge in [-0.05, 0) is 42.0 Å². The molecule has 78 valence electrons. The van der Waals surface area contributed by atoms with Gasteiger partial charge >= 0.3 is 0 Å². The molecule has 0 saturated carbocycles. The molecule has 0 saturated heterocycles. The van der Waals surface area contributed by atoms with Crippen LogP contribution in [0.3, 0.4) is 0 Å². The Hall–Kier alpha value is -0.730. The normalized spacial score (nSPS) is 18.5. The lowest BCUT2D eigenvalue weighted by Gasteiger charge is -1.99. The Labute approximate surface area is 99.4 Å². The van der Waals surface area contributed by atoms with Crippen molar-refractivity contribution in [3.63, 3.8) is 0 Å². The average molecular weight is 234 g/mol. The van der Waals surface area contributed by atoms with Gasteiger partial charge in [0.1, 0.15) is 0 Å². The van der Waals surface area contributed by atoms with Crippen LogP contribution >= 0.6 is 23.1 Å². The van der Waals surface area contributed by atoms with Crippen LogP contribution in [0.2, 0.25) is 0 Å². The summed E-state index contributed by atoms with van der Waals surface area (Å²) in [6, 6.07) is 2.25. The molecule has 2 heterocycles. The zero-order valence-corrected chi connectivity index (χ0v) is 10.7. The molecular weight excluding hydrogens is 220 g/mol. The molecule has 1 aliphatic rings. The molecule has 15 heavy (non-hydrogen) atoms. The van der Waals surface area contributed by atoms with Crippen LogP contribution in [0.5, 0.6) is 0 Å². The third-order valence-corrected chi connectivity index (χ3v) is 4.52. The molecule has 0 radical (unpaired) electrons. The highest BCUT2D eigenvalue weighted by atomic mass is 32.2. The van der Waals surface area contributed by atoms with E-state index in [1.54, 1.807) is 0 Å². The van der Waals surface area contributed by atoms with Gasteiger partial charge in [0, 0.05) is 15.5 Å². The van der Waals surface area contributed by atoms with Crippen LogP contribution < -0.4 is 0 Å². The minimum absolute atomic E-state index is 1.08. The Kier molecular flexibility index (Phi) is 3.17. The number of hydrogen-bond donors (Lipinski definition) is 0. The molecule has 0 N–H and O–H groups in total. The van der Waals surface area contributed by atoms with Crippen molar-refractivity contribution in [2.75, 3.05) is 0 Å². The summed E-state index contributed by atoms with van der Waals surface area (Å²) >= 11 is 3.79. The molecule has 1 aromatic heterocycles. The van der Waals surface area contributed by atoms with Crippen LogP contribution in [0.4, 0.5) is 0 Å². The Bertz CT molecular complexity index is 447. The molecule has 0 spiro atoms. The fourth-order valence-electron chi connectivity index (χ4n) is 1.56. The van der Waals surface area contributed by atoms with Crippen molar-refractivity contribution in [1.82, 2.24) is 0 Å². The first-order valence-electron chi connectivity index (χ1n) is 4.92. The summed E-state index contributed by atoms with van der Waals surface area (Å²) in [6.07, 6.45) is 6.42. The monoisotopic (exact) mass is 234 g/mol. The highest BCUT2D eigenvalue weighted by Gasteiger charge is 2.06. The zero-order valence-electron chi connectivity index (χ0n) is 9.04. The maximum atomic E-state index is 4.01. The van der Waals surface area contributed by atoms with E-state index in [9.17, 15) is 0 Å². The van der Waals surface area contributed by atoms with E-state index < -0.39 is 0 Å². The van der Waals surface area contributed by atoms with Crippen molar-refractivity contribution < 1.29 is 0 Å².